The number of halogens is 3. The van der Waals surface area contributed by atoms with E-state index < -0.39 is 11.7 Å². The van der Waals surface area contributed by atoms with Crippen LogP contribution in [0.5, 0.6) is 0 Å². The second-order valence-electron chi connectivity index (χ2n) is 6.72. The molecule has 0 amide bonds. The Kier molecular flexibility index (Phi) is 5.06. The monoisotopic (exact) mass is 369 g/mol. The molecule has 0 unspecified atom stereocenters. The van der Waals surface area contributed by atoms with Crippen LogP contribution in [-0.2, 0) is 12.7 Å². The molecule has 1 aliphatic heterocycles. The third-order valence-electron chi connectivity index (χ3n) is 4.68. The number of aryl methyl sites for hydroxylation is 1. The van der Waals surface area contributed by atoms with Gasteiger partial charge in [-0.1, -0.05) is 6.42 Å². The van der Waals surface area contributed by atoms with Gasteiger partial charge in [0.25, 0.3) is 0 Å². The molecule has 1 saturated heterocycles. The summed E-state index contributed by atoms with van der Waals surface area (Å²) in [5, 5.41) is 0.393. The van der Waals surface area contributed by atoms with Gasteiger partial charge in [0.15, 0.2) is 5.13 Å². The summed E-state index contributed by atoms with van der Waals surface area (Å²) >= 11 is 1.37. The highest BCUT2D eigenvalue weighted by Gasteiger charge is 2.31. The van der Waals surface area contributed by atoms with Crippen LogP contribution < -0.4 is 5.73 Å². The molecule has 0 bridgehead atoms. The van der Waals surface area contributed by atoms with Crippen LogP contribution in [0.4, 0.5) is 18.3 Å². The lowest BCUT2D eigenvalue weighted by Crippen LogP contribution is -2.36. The van der Waals surface area contributed by atoms with Crippen molar-refractivity contribution in [3.8, 4) is 11.3 Å². The van der Waals surface area contributed by atoms with Crippen LogP contribution >= 0.6 is 11.3 Å². The van der Waals surface area contributed by atoms with Gasteiger partial charge in [0, 0.05) is 23.0 Å². The van der Waals surface area contributed by atoms with E-state index in [0.29, 0.717) is 34.5 Å². The van der Waals surface area contributed by atoms with Gasteiger partial charge in [-0.2, -0.15) is 13.2 Å². The Labute approximate surface area is 149 Å². The highest BCUT2D eigenvalue weighted by Crippen LogP contribution is 2.37. The average molecular weight is 369 g/mol. The number of nitrogens with zero attached hydrogens (tertiary/aromatic N) is 2. The lowest BCUT2D eigenvalue weighted by Gasteiger charge is -2.33. The summed E-state index contributed by atoms with van der Waals surface area (Å²) in [4.78, 5) is 7.63. The zero-order valence-electron chi connectivity index (χ0n) is 14.4. The minimum absolute atomic E-state index is 0.393. The van der Waals surface area contributed by atoms with Crippen molar-refractivity contribution in [2.45, 2.75) is 51.9 Å². The highest BCUT2D eigenvalue weighted by molar-refractivity contribution is 7.15. The van der Waals surface area contributed by atoms with E-state index in [-0.39, 0.29) is 0 Å². The van der Waals surface area contributed by atoms with Crippen LogP contribution in [0.3, 0.4) is 0 Å². The maximum atomic E-state index is 13.1. The number of aromatic nitrogens is 1. The molecular weight excluding hydrogens is 347 g/mol. The van der Waals surface area contributed by atoms with Crippen LogP contribution in [0.1, 0.15) is 42.2 Å². The molecular formula is C18H22F3N3S. The number of hydrogen-bond donors (Lipinski definition) is 1. The molecule has 0 spiro atoms. The van der Waals surface area contributed by atoms with Crippen LogP contribution in [0.25, 0.3) is 11.3 Å². The van der Waals surface area contributed by atoms with E-state index in [0.717, 1.165) is 30.3 Å². The Bertz CT molecular complexity index is 755. The van der Waals surface area contributed by atoms with Gasteiger partial charge in [0.1, 0.15) is 0 Å². The number of likely N-dealkylation sites (tertiary alicyclic amines) is 1. The minimum Gasteiger partial charge on any atom is -0.375 e. The predicted octanol–water partition coefficient (Wildman–Crippen LogP) is 5.09. The van der Waals surface area contributed by atoms with Gasteiger partial charge in [-0.15, -0.1) is 11.3 Å². The highest BCUT2D eigenvalue weighted by atomic mass is 32.1. The molecule has 7 heteroatoms. The molecule has 1 atom stereocenters. The number of rotatable bonds is 3. The molecule has 25 heavy (non-hydrogen) atoms. The van der Waals surface area contributed by atoms with E-state index in [1.807, 2.05) is 0 Å². The largest absolute Gasteiger partial charge is 0.416 e. The molecule has 2 N–H and O–H groups in total. The topological polar surface area (TPSA) is 42.1 Å². The lowest BCUT2D eigenvalue weighted by molar-refractivity contribution is -0.137. The molecule has 1 fully saturated rings. The fraction of sp³-hybridized carbons (Fsp3) is 0.500. The van der Waals surface area contributed by atoms with Gasteiger partial charge in [0.2, 0.25) is 0 Å². The molecule has 0 aliphatic carbocycles. The molecule has 2 heterocycles. The molecule has 0 saturated carbocycles. The fourth-order valence-electron chi connectivity index (χ4n) is 3.36. The molecule has 3 rings (SSSR count). The number of thiazole rings is 1. The van der Waals surface area contributed by atoms with E-state index >= 15 is 0 Å². The third-order valence-corrected chi connectivity index (χ3v) is 5.55. The normalized spacial score (nSPS) is 19.3. The minimum atomic E-state index is -4.37. The maximum absolute atomic E-state index is 13.1. The van der Waals surface area contributed by atoms with Gasteiger partial charge < -0.3 is 5.73 Å². The molecule has 1 aliphatic rings. The number of piperidine rings is 1. The van der Waals surface area contributed by atoms with E-state index in [9.17, 15) is 13.2 Å². The number of nitrogens with two attached hydrogens (primary N) is 1. The predicted molar refractivity (Wildman–Crippen MR) is 95.4 cm³/mol. The summed E-state index contributed by atoms with van der Waals surface area (Å²) in [5.74, 6) is 0. The molecule has 1 aromatic heterocycles. The smallest absolute Gasteiger partial charge is 0.375 e. The Hall–Kier alpha value is -1.60. The Morgan fingerprint density at radius 3 is 2.72 bits per heavy atom. The van der Waals surface area contributed by atoms with Gasteiger partial charge in [-0.25, -0.2) is 4.98 Å². The summed E-state index contributed by atoms with van der Waals surface area (Å²) in [5.41, 5.74) is 6.87. The van der Waals surface area contributed by atoms with Crippen molar-refractivity contribution in [3.63, 3.8) is 0 Å². The Balaban J connectivity index is 1.97. The second kappa shape index (κ2) is 6.96. The zero-order chi connectivity index (χ0) is 18.2. The summed E-state index contributed by atoms with van der Waals surface area (Å²) < 4.78 is 39.4. The van der Waals surface area contributed by atoms with Gasteiger partial charge >= 0.3 is 6.18 Å². The number of anilines is 1. The summed E-state index contributed by atoms with van der Waals surface area (Å²) in [7, 11) is 0. The van der Waals surface area contributed by atoms with E-state index in [1.165, 1.54) is 23.8 Å². The molecule has 136 valence electrons. The van der Waals surface area contributed by atoms with E-state index in [1.54, 1.807) is 13.0 Å². The lowest BCUT2D eigenvalue weighted by atomic mass is 10.0. The van der Waals surface area contributed by atoms with Crippen molar-refractivity contribution in [1.29, 1.82) is 0 Å². The molecule has 2 aromatic rings. The van der Waals surface area contributed by atoms with Crippen molar-refractivity contribution >= 4 is 16.5 Å². The number of hydrogen-bond acceptors (Lipinski definition) is 4. The first kappa shape index (κ1) is 18.2. The summed E-state index contributed by atoms with van der Waals surface area (Å²) in [6.45, 7) is 5.54. The Morgan fingerprint density at radius 1 is 1.28 bits per heavy atom. The summed E-state index contributed by atoms with van der Waals surface area (Å²) in [6, 6.07) is 4.54. The number of nitrogen functional groups attached to an aromatic ring is 1. The number of alkyl halides is 3. The van der Waals surface area contributed by atoms with Crippen LogP contribution in [0.2, 0.25) is 0 Å². The SMILES string of the molecule is Cc1cc(-c2nc(N)sc2CN2CCCC[C@H]2C)cc(C(F)(F)F)c1. The molecule has 0 radical (unpaired) electrons. The van der Waals surface area contributed by atoms with Gasteiger partial charge in [-0.3, -0.25) is 4.90 Å². The van der Waals surface area contributed by atoms with Gasteiger partial charge in [-0.05, 0) is 57.0 Å². The maximum Gasteiger partial charge on any atom is 0.416 e. The van der Waals surface area contributed by atoms with Crippen molar-refractivity contribution in [2.24, 2.45) is 0 Å². The third kappa shape index (κ3) is 4.15. The van der Waals surface area contributed by atoms with Crippen molar-refractivity contribution in [1.82, 2.24) is 9.88 Å². The van der Waals surface area contributed by atoms with Crippen molar-refractivity contribution in [3.05, 3.63) is 34.2 Å². The van der Waals surface area contributed by atoms with Crippen molar-refractivity contribution in [2.75, 3.05) is 12.3 Å². The fourth-order valence-corrected chi connectivity index (χ4v) is 4.24. The van der Waals surface area contributed by atoms with Crippen LogP contribution in [0, 0.1) is 6.92 Å². The first-order valence-corrected chi connectivity index (χ1v) is 9.24. The first-order chi connectivity index (χ1) is 11.7. The van der Waals surface area contributed by atoms with Gasteiger partial charge in [0.05, 0.1) is 11.3 Å². The van der Waals surface area contributed by atoms with Crippen LogP contribution in [-0.4, -0.2) is 22.5 Å². The molecule has 1 aromatic carbocycles. The first-order valence-electron chi connectivity index (χ1n) is 8.42. The van der Waals surface area contributed by atoms with E-state index in [4.69, 9.17) is 5.73 Å². The van der Waals surface area contributed by atoms with Crippen LogP contribution in [0.15, 0.2) is 18.2 Å². The standard InChI is InChI=1S/C18H22F3N3S/c1-11-7-13(9-14(8-11)18(19,20)21)16-15(25-17(22)23-16)10-24-6-4-3-5-12(24)2/h7-9,12H,3-6,10H2,1-2H3,(H2,22,23)/t12-/m1/s1. The van der Waals surface area contributed by atoms with E-state index in [2.05, 4.69) is 16.8 Å². The number of benzene rings is 1. The Morgan fingerprint density at radius 2 is 2.04 bits per heavy atom. The zero-order valence-corrected chi connectivity index (χ0v) is 15.2. The van der Waals surface area contributed by atoms with Crippen molar-refractivity contribution < 1.29 is 13.2 Å². The quantitative estimate of drug-likeness (QED) is 0.819. The second-order valence-corrected chi connectivity index (χ2v) is 7.84. The summed E-state index contributed by atoms with van der Waals surface area (Å²) in [6.07, 6.45) is -0.852. The average Bonchev–Trinajstić information content (AvgIpc) is 2.89. The molecule has 3 nitrogen and oxygen atoms in total.